The molecule has 0 fully saturated rings. The Morgan fingerprint density at radius 2 is 1.94 bits per heavy atom. The molecule has 0 saturated heterocycles. The number of carbonyl (C=O) groups excluding carboxylic acids is 1. The molecule has 0 saturated carbocycles. The molecule has 1 unspecified atom stereocenters. The molecule has 0 spiro atoms. The molecule has 1 aromatic rings. The van der Waals surface area contributed by atoms with Crippen molar-refractivity contribution in [3.63, 3.8) is 0 Å². The quantitative estimate of drug-likeness (QED) is 0.818. The lowest BCUT2D eigenvalue weighted by molar-refractivity contribution is -0.126. The standard InChI is InChI=1S/C14H21NO2/c1-4-12(16)10-15-13(17)14(2,3)11-8-6-5-7-9-11/h5-9,12,16H,4,10H2,1-3H3,(H,15,17). The first-order valence-electron chi connectivity index (χ1n) is 6.00. The summed E-state index contributed by atoms with van der Waals surface area (Å²) >= 11 is 0. The van der Waals surface area contributed by atoms with Crippen molar-refractivity contribution in [1.29, 1.82) is 0 Å². The molecule has 0 aliphatic carbocycles. The smallest absolute Gasteiger partial charge is 0.230 e. The van der Waals surface area contributed by atoms with Crippen LogP contribution >= 0.6 is 0 Å². The van der Waals surface area contributed by atoms with Crippen molar-refractivity contribution in [2.24, 2.45) is 0 Å². The molecular formula is C14H21NO2. The highest BCUT2D eigenvalue weighted by Gasteiger charge is 2.29. The highest BCUT2D eigenvalue weighted by molar-refractivity contribution is 5.87. The fourth-order valence-electron chi connectivity index (χ4n) is 1.56. The number of aliphatic hydroxyl groups is 1. The number of aliphatic hydroxyl groups excluding tert-OH is 1. The summed E-state index contributed by atoms with van der Waals surface area (Å²) in [7, 11) is 0. The first-order valence-corrected chi connectivity index (χ1v) is 6.00. The molecule has 0 aliphatic rings. The molecule has 3 nitrogen and oxygen atoms in total. The second kappa shape index (κ2) is 5.82. The van der Waals surface area contributed by atoms with Crippen molar-refractivity contribution in [3.05, 3.63) is 35.9 Å². The molecule has 17 heavy (non-hydrogen) atoms. The third-order valence-electron chi connectivity index (χ3n) is 3.03. The maximum atomic E-state index is 12.1. The van der Waals surface area contributed by atoms with Crippen LogP contribution in [-0.2, 0) is 10.2 Å². The zero-order valence-electron chi connectivity index (χ0n) is 10.7. The number of nitrogens with one attached hydrogen (secondary N) is 1. The molecule has 0 aromatic heterocycles. The number of amides is 1. The summed E-state index contributed by atoms with van der Waals surface area (Å²) < 4.78 is 0. The highest BCUT2D eigenvalue weighted by Crippen LogP contribution is 2.22. The van der Waals surface area contributed by atoms with E-state index in [4.69, 9.17) is 0 Å². The Hall–Kier alpha value is -1.35. The highest BCUT2D eigenvalue weighted by atomic mass is 16.3. The summed E-state index contributed by atoms with van der Waals surface area (Å²) in [5.41, 5.74) is 0.401. The van der Waals surface area contributed by atoms with Gasteiger partial charge in [-0.05, 0) is 25.8 Å². The van der Waals surface area contributed by atoms with Gasteiger partial charge in [-0.15, -0.1) is 0 Å². The van der Waals surface area contributed by atoms with E-state index in [0.717, 1.165) is 5.56 Å². The summed E-state index contributed by atoms with van der Waals surface area (Å²) in [4.78, 5) is 12.1. The molecule has 0 heterocycles. The van der Waals surface area contributed by atoms with E-state index in [0.29, 0.717) is 13.0 Å². The summed E-state index contributed by atoms with van der Waals surface area (Å²) in [6.45, 7) is 5.97. The molecule has 2 N–H and O–H groups in total. The SMILES string of the molecule is CCC(O)CNC(=O)C(C)(C)c1ccccc1. The van der Waals surface area contributed by atoms with E-state index in [1.54, 1.807) is 0 Å². The van der Waals surface area contributed by atoms with Gasteiger partial charge in [0.1, 0.15) is 0 Å². The fraction of sp³-hybridized carbons (Fsp3) is 0.500. The average molecular weight is 235 g/mol. The van der Waals surface area contributed by atoms with Crippen LogP contribution in [0.3, 0.4) is 0 Å². The molecule has 3 heteroatoms. The Labute approximate surface area is 103 Å². The lowest BCUT2D eigenvalue weighted by Gasteiger charge is -2.24. The van der Waals surface area contributed by atoms with Crippen LogP contribution in [0.25, 0.3) is 0 Å². The van der Waals surface area contributed by atoms with Crippen molar-refractivity contribution >= 4 is 5.91 Å². The minimum Gasteiger partial charge on any atom is -0.391 e. The minimum atomic E-state index is -0.575. The summed E-state index contributed by atoms with van der Waals surface area (Å²) in [6, 6.07) is 9.65. The molecule has 0 radical (unpaired) electrons. The second-order valence-electron chi connectivity index (χ2n) is 4.76. The zero-order valence-corrected chi connectivity index (χ0v) is 10.7. The van der Waals surface area contributed by atoms with Gasteiger partial charge in [0.05, 0.1) is 11.5 Å². The molecule has 0 bridgehead atoms. The lowest BCUT2D eigenvalue weighted by atomic mass is 9.84. The van der Waals surface area contributed by atoms with Crippen LogP contribution in [0.15, 0.2) is 30.3 Å². The van der Waals surface area contributed by atoms with Crippen LogP contribution in [0.1, 0.15) is 32.8 Å². The third-order valence-corrected chi connectivity index (χ3v) is 3.03. The van der Waals surface area contributed by atoms with Crippen LogP contribution in [-0.4, -0.2) is 23.7 Å². The van der Waals surface area contributed by atoms with Crippen molar-refractivity contribution in [1.82, 2.24) is 5.32 Å². The zero-order chi connectivity index (χ0) is 12.9. The molecule has 1 aromatic carbocycles. The largest absolute Gasteiger partial charge is 0.391 e. The third kappa shape index (κ3) is 3.56. The lowest BCUT2D eigenvalue weighted by Crippen LogP contribution is -2.43. The van der Waals surface area contributed by atoms with Gasteiger partial charge in [-0.3, -0.25) is 4.79 Å². The Balaban J connectivity index is 2.67. The van der Waals surface area contributed by atoms with Gasteiger partial charge in [0.15, 0.2) is 0 Å². The van der Waals surface area contributed by atoms with Gasteiger partial charge in [-0.25, -0.2) is 0 Å². The first-order chi connectivity index (χ1) is 7.98. The molecule has 1 atom stereocenters. The van der Waals surface area contributed by atoms with Crippen LogP contribution < -0.4 is 5.32 Å². The van der Waals surface area contributed by atoms with Gasteiger partial charge in [-0.2, -0.15) is 0 Å². The Morgan fingerprint density at radius 1 is 1.35 bits per heavy atom. The van der Waals surface area contributed by atoms with Gasteiger partial charge in [0, 0.05) is 6.54 Å². The number of rotatable bonds is 5. The molecular weight excluding hydrogens is 214 g/mol. The topological polar surface area (TPSA) is 49.3 Å². The van der Waals surface area contributed by atoms with E-state index in [1.807, 2.05) is 51.1 Å². The number of carbonyl (C=O) groups is 1. The van der Waals surface area contributed by atoms with E-state index < -0.39 is 11.5 Å². The normalized spacial score (nSPS) is 13.2. The van der Waals surface area contributed by atoms with Crippen LogP contribution in [0.4, 0.5) is 0 Å². The number of hydrogen-bond donors (Lipinski definition) is 2. The van der Waals surface area contributed by atoms with E-state index in [2.05, 4.69) is 5.32 Å². The Kier molecular flexibility index (Phi) is 4.70. The van der Waals surface area contributed by atoms with E-state index in [9.17, 15) is 9.90 Å². The maximum absolute atomic E-state index is 12.1. The average Bonchev–Trinajstić information content (AvgIpc) is 2.36. The maximum Gasteiger partial charge on any atom is 0.230 e. The predicted molar refractivity (Wildman–Crippen MR) is 68.8 cm³/mol. The van der Waals surface area contributed by atoms with Gasteiger partial charge >= 0.3 is 0 Å². The van der Waals surface area contributed by atoms with Crippen molar-refractivity contribution < 1.29 is 9.90 Å². The Bertz CT molecular complexity index is 360. The van der Waals surface area contributed by atoms with Crippen LogP contribution in [0, 0.1) is 0 Å². The van der Waals surface area contributed by atoms with Gasteiger partial charge in [0.25, 0.3) is 0 Å². The van der Waals surface area contributed by atoms with Gasteiger partial charge in [-0.1, -0.05) is 37.3 Å². The van der Waals surface area contributed by atoms with Crippen molar-refractivity contribution in [2.75, 3.05) is 6.54 Å². The molecule has 1 amide bonds. The van der Waals surface area contributed by atoms with Gasteiger partial charge < -0.3 is 10.4 Å². The predicted octanol–water partition coefficient (Wildman–Crippen LogP) is 1.85. The summed E-state index contributed by atoms with van der Waals surface area (Å²) in [5.74, 6) is -0.0591. The van der Waals surface area contributed by atoms with Crippen LogP contribution in [0.5, 0.6) is 0 Å². The molecule has 0 aliphatic heterocycles. The fourth-order valence-corrected chi connectivity index (χ4v) is 1.56. The monoisotopic (exact) mass is 235 g/mol. The second-order valence-corrected chi connectivity index (χ2v) is 4.76. The van der Waals surface area contributed by atoms with Gasteiger partial charge in [0.2, 0.25) is 5.91 Å². The van der Waals surface area contributed by atoms with E-state index in [1.165, 1.54) is 0 Å². The minimum absolute atomic E-state index is 0.0591. The summed E-state index contributed by atoms with van der Waals surface area (Å²) in [5, 5.41) is 12.2. The number of hydrogen-bond acceptors (Lipinski definition) is 2. The van der Waals surface area contributed by atoms with E-state index in [-0.39, 0.29) is 5.91 Å². The Morgan fingerprint density at radius 3 is 2.47 bits per heavy atom. The molecule has 1 rings (SSSR count). The number of benzene rings is 1. The summed E-state index contributed by atoms with van der Waals surface area (Å²) in [6.07, 6.45) is 0.178. The van der Waals surface area contributed by atoms with Crippen molar-refractivity contribution in [3.8, 4) is 0 Å². The molecule has 94 valence electrons. The van der Waals surface area contributed by atoms with Crippen LogP contribution in [0.2, 0.25) is 0 Å². The van der Waals surface area contributed by atoms with Crippen molar-refractivity contribution in [2.45, 2.75) is 38.7 Å². The first kappa shape index (κ1) is 13.7. The van der Waals surface area contributed by atoms with E-state index >= 15 is 0 Å².